The zero-order valence-electron chi connectivity index (χ0n) is 16.5. The van der Waals surface area contributed by atoms with E-state index in [4.69, 9.17) is 0 Å². The Bertz CT molecular complexity index is 794. The average molecular weight is 507 g/mol. The van der Waals surface area contributed by atoms with Gasteiger partial charge in [0.2, 0.25) is 0 Å². The van der Waals surface area contributed by atoms with Crippen molar-refractivity contribution >= 4 is 29.9 Å². The van der Waals surface area contributed by atoms with Gasteiger partial charge >= 0.3 is 0 Å². The van der Waals surface area contributed by atoms with Gasteiger partial charge < -0.3 is 15.7 Å². The molecule has 0 aliphatic heterocycles. The van der Waals surface area contributed by atoms with Gasteiger partial charge in [-0.1, -0.05) is 13.0 Å². The van der Waals surface area contributed by atoms with Gasteiger partial charge in [-0.3, -0.25) is 4.68 Å². The van der Waals surface area contributed by atoms with Gasteiger partial charge in [-0.25, -0.2) is 13.8 Å². The minimum atomic E-state index is -1.15. The van der Waals surface area contributed by atoms with E-state index in [2.05, 4.69) is 20.7 Å². The van der Waals surface area contributed by atoms with Gasteiger partial charge in [-0.2, -0.15) is 5.10 Å². The van der Waals surface area contributed by atoms with Crippen molar-refractivity contribution < 1.29 is 13.9 Å². The number of hydrogen-bond acceptors (Lipinski definition) is 3. The third kappa shape index (κ3) is 6.69. The summed E-state index contributed by atoms with van der Waals surface area (Å²) in [6.07, 6.45) is 3.36. The lowest BCUT2D eigenvalue weighted by Gasteiger charge is -2.21. The summed E-state index contributed by atoms with van der Waals surface area (Å²) in [6, 6.07) is 3.91. The molecule has 0 aliphatic carbocycles. The number of benzene rings is 1. The molecule has 28 heavy (non-hydrogen) atoms. The predicted molar refractivity (Wildman–Crippen MR) is 117 cm³/mol. The quantitative estimate of drug-likeness (QED) is 0.306. The minimum absolute atomic E-state index is 0. The number of aliphatic hydroxyl groups is 1. The standard InChI is InChI=1S/C19H27F2N5O.HI/c1-5-22-18(24-12-19(3,27)15-10-25-26(4)11-15)23-9-13(2)14-6-7-16(20)17(21)8-14;/h6-8,10-11,13,27H,5,9,12H2,1-4H3,(H2,22,23,24);1H. The number of aliphatic imine (C=N–C) groups is 1. The highest BCUT2D eigenvalue weighted by atomic mass is 127. The molecule has 1 heterocycles. The number of rotatable bonds is 7. The molecular formula is C19H28F2IN5O. The van der Waals surface area contributed by atoms with Crippen LogP contribution in [-0.2, 0) is 12.6 Å². The van der Waals surface area contributed by atoms with Crippen LogP contribution >= 0.6 is 24.0 Å². The summed E-state index contributed by atoms with van der Waals surface area (Å²) < 4.78 is 28.1. The van der Waals surface area contributed by atoms with Crippen molar-refractivity contribution in [3.63, 3.8) is 0 Å². The molecule has 2 atom stereocenters. The maximum Gasteiger partial charge on any atom is 0.191 e. The summed E-state index contributed by atoms with van der Waals surface area (Å²) in [5.41, 5.74) is 0.224. The molecular weight excluding hydrogens is 479 g/mol. The fourth-order valence-electron chi connectivity index (χ4n) is 2.55. The van der Waals surface area contributed by atoms with Gasteiger partial charge in [0.25, 0.3) is 0 Å². The summed E-state index contributed by atoms with van der Waals surface area (Å²) in [7, 11) is 1.79. The van der Waals surface area contributed by atoms with Crippen LogP contribution < -0.4 is 10.6 Å². The Morgan fingerprint density at radius 3 is 2.61 bits per heavy atom. The first-order valence-electron chi connectivity index (χ1n) is 8.91. The average Bonchev–Trinajstić information content (AvgIpc) is 3.07. The minimum Gasteiger partial charge on any atom is -0.383 e. The molecule has 0 aliphatic rings. The van der Waals surface area contributed by atoms with Gasteiger partial charge in [0.15, 0.2) is 17.6 Å². The molecule has 2 rings (SSSR count). The number of nitrogens with zero attached hydrogens (tertiary/aromatic N) is 3. The highest BCUT2D eigenvalue weighted by Crippen LogP contribution is 2.20. The van der Waals surface area contributed by atoms with Crippen LogP contribution in [0.3, 0.4) is 0 Å². The first kappa shape index (κ1) is 24.3. The van der Waals surface area contributed by atoms with E-state index < -0.39 is 17.2 Å². The van der Waals surface area contributed by atoms with Crippen molar-refractivity contribution in [2.45, 2.75) is 32.3 Å². The molecule has 6 nitrogen and oxygen atoms in total. The number of halogens is 3. The van der Waals surface area contributed by atoms with Crippen LogP contribution in [0.25, 0.3) is 0 Å². The number of hydrogen-bond donors (Lipinski definition) is 3. The molecule has 2 unspecified atom stereocenters. The largest absolute Gasteiger partial charge is 0.383 e. The fraction of sp³-hybridized carbons (Fsp3) is 0.474. The number of guanidine groups is 1. The molecule has 9 heteroatoms. The third-order valence-electron chi connectivity index (χ3n) is 4.30. The van der Waals surface area contributed by atoms with E-state index in [0.717, 1.165) is 6.07 Å². The van der Waals surface area contributed by atoms with Crippen LogP contribution in [0.2, 0.25) is 0 Å². The number of nitrogens with one attached hydrogen (secondary N) is 2. The summed E-state index contributed by atoms with van der Waals surface area (Å²) in [5.74, 6) is -1.22. The van der Waals surface area contributed by atoms with Crippen LogP contribution in [0.4, 0.5) is 8.78 Å². The lowest BCUT2D eigenvalue weighted by molar-refractivity contribution is 0.0672. The van der Waals surface area contributed by atoms with Crippen LogP contribution in [0.15, 0.2) is 35.6 Å². The van der Waals surface area contributed by atoms with Gasteiger partial charge in [0.1, 0.15) is 5.60 Å². The summed E-state index contributed by atoms with van der Waals surface area (Å²) in [4.78, 5) is 4.44. The lowest BCUT2D eigenvalue weighted by atomic mass is 10.00. The molecule has 2 aromatic rings. The Balaban J connectivity index is 0.00000392. The molecule has 0 amide bonds. The van der Waals surface area contributed by atoms with Crippen LogP contribution in [0.5, 0.6) is 0 Å². The fourth-order valence-corrected chi connectivity index (χ4v) is 2.55. The molecule has 3 N–H and O–H groups in total. The van der Waals surface area contributed by atoms with Crippen LogP contribution in [0, 0.1) is 11.6 Å². The van der Waals surface area contributed by atoms with E-state index in [1.165, 1.54) is 6.07 Å². The molecule has 0 saturated carbocycles. The molecule has 156 valence electrons. The number of aryl methyl sites for hydroxylation is 1. The molecule has 1 aromatic heterocycles. The zero-order valence-corrected chi connectivity index (χ0v) is 18.9. The normalized spacial score (nSPS) is 14.8. The first-order valence-corrected chi connectivity index (χ1v) is 8.91. The zero-order chi connectivity index (χ0) is 20.0. The second-order valence-electron chi connectivity index (χ2n) is 6.83. The molecule has 0 radical (unpaired) electrons. The SMILES string of the molecule is CCNC(=NCC(C)(O)c1cnn(C)c1)NCC(C)c1ccc(F)c(F)c1.I. The van der Waals surface area contributed by atoms with Gasteiger partial charge in [0, 0.05) is 31.9 Å². The predicted octanol–water partition coefficient (Wildman–Crippen LogP) is 2.88. The third-order valence-corrected chi connectivity index (χ3v) is 4.30. The van der Waals surface area contributed by atoms with Crippen molar-refractivity contribution in [3.05, 3.63) is 53.4 Å². The molecule has 0 fully saturated rings. The van der Waals surface area contributed by atoms with E-state index >= 15 is 0 Å². The Kier molecular flexibility index (Phi) is 9.28. The van der Waals surface area contributed by atoms with E-state index in [1.54, 1.807) is 37.1 Å². The Morgan fingerprint density at radius 2 is 2.04 bits per heavy atom. The summed E-state index contributed by atoms with van der Waals surface area (Å²) >= 11 is 0. The van der Waals surface area contributed by atoms with Gasteiger partial charge in [-0.15, -0.1) is 24.0 Å². The van der Waals surface area contributed by atoms with Crippen LogP contribution in [-0.4, -0.2) is 40.5 Å². The van der Waals surface area contributed by atoms with E-state index in [0.29, 0.717) is 30.2 Å². The summed E-state index contributed by atoms with van der Waals surface area (Å²) in [5, 5.41) is 21.0. The first-order chi connectivity index (χ1) is 12.7. The monoisotopic (exact) mass is 507 g/mol. The maximum absolute atomic E-state index is 13.4. The Morgan fingerprint density at radius 1 is 1.32 bits per heavy atom. The highest BCUT2D eigenvalue weighted by Gasteiger charge is 2.24. The second-order valence-corrected chi connectivity index (χ2v) is 6.83. The van der Waals surface area contributed by atoms with E-state index in [9.17, 15) is 13.9 Å². The van der Waals surface area contributed by atoms with Crippen molar-refractivity contribution in [3.8, 4) is 0 Å². The van der Waals surface area contributed by atoms with Crippen molar-refractivity contribution in [2.24, 2.45) is 12.0 Å². The summed E-state index contributed by atoms with van der Waals surface area (Å²) in [6.45, 7) is 6.81. The van der Waals surface area contributed by atoms with Crippen molar-refractivity contribution in [1.82, 2.24) is 20.4 Å². The Labute approximate surface area is 181 Å². The molecule has 0 bridgehead atoms. The van der Waals surface area contributed by atoms with Crippen molar-refractivity contribution in [1.29, 1.82) is 0 Å². The Hall–Kier alpha value is -1.75. The second kappa shape index (κ2) is 10.7. The maximum atomic E-state index is 13.4. The topological polar surface area (TPSA) is 74.5 Å². The lowest BCUT2D eigenvalue weighted by Crippen LogP contribution is -2.40. The number of aromatic nitrogens is 2. The highest BCUT2D eigenvalue weighted by molar-refractivity contribution is 14.0. The molecule has 0 spiro atoms. The van der Waals surface area contributed by atoms with Gasteiger partial charge in [0.05, 0.1) is 12.7 Å². The van der Waals surface area contributed by atoms with E-state index in [-0.39, 0.29) is 36.4 Å². The van der Waals surface area contributed by atoms with E-state index in [1.807, 2.05) is 13.8 Å². The smallest absolute Gasteiger partial charge is 0.191 e. The van der Waals surface area contributed by atoms with Crippen molar-refractivity contribution in [2.75, 3.05) is 19.6 Å². The molecule has 1 aromatic carbocycles. The molecule has 0 saturated heterocycles. The van der Waals surface area contributed by atoms with Crippen LogP contribution in [0.1, 0.15) is 37.8 Å². The van der Waals surface area contributed by atoms with Gasteiger partial charge in [-0.05, 0) is 37.5 Å².